The first kappa shape index (κ1) is 12.7. The lowest BCUT2D eigenvalue weighted by Crippen LogP contribution is -2.16. The van der Waals surface area contributed by atoms with Gasteiger partial charge in [-0.3, -0.25) is 0 Å². The van der Waals surface area contributed by atoms with Crippen LogP contribution >= 0.6 is 0 Å². The van der Waals surface area contributed by atoms with Gasteiger partial charge in [0.15, 0.2) is 0 Å². The average molecular weight is 246 g/mol. The van der Waals surface area contributed by atoms with E-state index in [-0.39, 0.29) is 0 Å². The van der Waals surface area contributed by atoms with Gasteiger partial charge in [-0.2, -0.15) is 5.26 Å². The molecule has 0 saturated heterocycles. The largest absolute Gasteiger partial charge is 0.493 e. The molecule has 0 bridgehead atoms. The number of unbranched alkanes of at least 4 members (excludes halogenated alkanes) is 2. The van der Waals surface area contributed by atoms with E-state index < -0.39 is 0 Å². The molecule has 0 spiro atoms. The van der Waals surface area contributed by atoms with Crippen molar-refractivity contribution in [1.82, 2.24) is 5.32 Å². The molecule has 1 aliphatic heterocycles. The summed E-state index contributed by atoms with van der Waals surface area (Å²) in [5.74, 6) is 1.75. The molecule has 1 aromatic rings. The quantitative estimate of drug-likeness (QED) is 0.809. The molecular weight excluding hydrogens is 228 g/mol. The molecule has 0 aromatic heterocycles. The number of hydrogen-bond acceptors (Lipinski definition) is 4. The summed E-state index contributed by atoms with van der Waals surface area (Å²) in [5, 5.41) is 11.7. The first-order valence-corrected chi connectivity index (χ1v) is 6.36. The fourth-order valence-electron chi connectivity index (χ4n) is 1.86. The van der Waals surface area contributed by atoms with Crippen LogP contribution in [0.3, 0.4) is 0 Å². The molecule has 1 aromatic carbocycles. The third-order valence-electron chi connectivity index (χ3n) is 2.84. The Balaban J connectivity index is 1.86. The molecule has 1 heterocycles. The Morgan fingerprint density at radius 3 is 3.22 bits per heavy atom. The number of nitrogens with zero attached hydrogens (tertiary/aromatic N) is 1. The maximum Gasteiger partial charge on any atom is 0.127 e. The summed E-state index contributed by atoms with van der Waals surface area (Å²) >= 11 is 0. The van der Waals surface area contributed by atoms with Crippen molar-refractivity contribution in [2.24, 2.45) is 0 Å². The molecule has 0 aliphatic carbocycles. The van der Waals surface area contributed by atoms with Gasteiger partial charge in [0.2, 0.25) is 0 Å². The van der Waals surface area contributed by atoms with E-state index in [1.165, 1.54) is 5.56 Å². The second kappa shape index (κ2) is 6.87. The van der Waals surface area contributed by atoms with Gasteiger partial charge < -0.3 is 14.8 Å². The van der Waals surface area contributed by atoms with Gasteiger partial charge in [0.05, 0.1) is 12.7 Å². The minimum atomic E-state index is 0.600. The minimum Gasteiger partial charge on any atom is -0.493 e. The Morgan fingerprint density at radius 2 is 2.33 bits per heavy atom. The second-order valence-electron chi connectivity index (χ2n) is 4.26. The van der Waals surface area contributed by atoms with Crippen molar-refractivity contribution in [1.29, 1.82) is 5.26 Å². The van der Waals surface area contributed by atoms with Gasteiger partial charge >= 0.3 is 0 Å². The SMILES string of the molecule is N#CCCCCOc1ccc2c(c1)OCCNC2. The molecular formula is C14H18N2O2. The van der Waals surface area contributed by atoms with Crippen LogP contribution in [-0.4, -0.2) is 19.8 Å². The fraction of sp³-hybridized carbons (Fsp3) is 0.500. The third kappa shape index (κ3) is 3.64. The first-order valence-electron chi connectivity index (χ1n) is 6.36. The van der Waals surface area contributed by atoms with Crippen LogP contribution in [-0.2, 0) is 6.54 Å². The van der Waals surface area contributed by atoms with E-state index in [0.717, 1.165) is 37.4 Å². The standard InChI is InChI=1S/C14H18N2O2/c15-6-2-1-3-8-17-13-5-4-12-11-16-7-9-18-14(12)10-13/h4-5,10,16H,1-3,7-9,11H2. The van der Waals surface area contributed by atoms with E-state index in [0.29, 0.717) is 19.6 Å². The Bertz CT molecular complexity index is 426. The van der Waals surface area contributed by atoms with Crippen molar-refractivity contribution in [3.05, 3.63) is 23.8 Å². The predicted molar refractivity (Wildman–Crippen MR) is 68.6 cm³/mol. The first-order chi connectivity index (χ1) is 8.90. The zero-order valence-electron chi connectivity index (χ0n) is 10.4. The van der Waals surface area contributed by atoms with Crippen LogP contribution < -0.4 is 14.8 Å². The molecule has 2 rings (SSSR count). The minimum absolute atomic E-state index is 0.600. The lowest BCUT2D eigenvalue weighted by atomic mass is 10.2. The van der Waals surface area contributed by atoms with Crippen molar-refractivity contribution in [3.8, 4) is 17.6 Å². The molecule has 0 fully saturated rings. The van der Waals surface area contributed by atoms with Gasteiger partial charge in [-0.25, -0.2) is 0 Å². The van der Waals surface area contributed by atoms with E-state index >= 15 is 0 Å². The Morgan fingerprint density at radius 1 is 1.39 bits per heavy atom. The highest BCUT2D eigenvalue weighted by Gasteiger charge is 2.09. The molecule has 1 N–H and O–H groups in total. The Hall–Kier alpha value is -1.73. The lowest BCUT2D eigenvalue weighted by Gasteiger charge is -2.10. The zero-order valence-corrected chi connectivity index (χ0v) is 10.4. The summed E-state index contributed by atoms with van der Waals surface area (Å²) in [6.07, 6.45) is 2.40. The van der Waals surface area contributed by atoms with Crippen LogP contribution in [0.15, 0.2) is 18.2 Å². The molecule has 0 amide bonds. The van der Waals surface area contributed by atoms with Crippen LogP contribution in [0.5, 0.6) is 11.5 Å². The van der Waals surface area contributed by atoms with Crippen LogP contribution in [0.25, 0.3) is 0 Å². The molecule has 0 radical (unpaired) electrons. The number of nitrogens with one attached hydrogen (secondary N) is 1. The molecule has 1 aliphatic rings. The van der Waals surface area contributed by atoms with Crippen molar-refractivity contribution < 1.29 is 9.47 Å². The zero-order chi connectivity index (χ0) is 12.6. The fourth-order valence-corrected chi connectivity index (χ4v) is 1.86. The molecule has 0 saturated carbocycles. The maximum absolute atomic E-state index is 8.43. The molecule has 0 unspecified atom stereocenters. The topological polar surface area (TPSA) is 54.3 Å². The molecule has 4 nitrogen and oxygen atoms in total. The number of hydrogen-bond donors (Lipinski definition) is 1. The predicted octanol–water partition coefficient (Wildman–Crippen LogP) is 2.24. The van der Waals surface area contributed by atoms with Crippen LogP contribution in [0.1, 0.15) is 24.8 Å². The van der Waals surface area contributed by atoms with E-state index in [2.05, 4.69) is 11.4 Å². The average Bonchev–Trinajstić information content (AvgIpc) is 2.63. The lowest BCUT2D eigenvalue weighted by molar-refractivity contribution is 0.299. The number of nitriles is 1. The van der Waals surface area contributed by atoms with Gasteiger partial charge in [-0.05, 0) is 18.9 Å². The molecule has 18 heavy (non-hydrogen) atoms. The monoisotopic (exact) mass is 246 g/mol. The van der Waals surface area contributed by atoms with Gasteiger partial charge in [-0.1, -0.05) is 6.07 Å². The van der Waals surface area contributed by atoms with E-state index in [9.17, 15) is 0 Å². The van der Waals surface area contributed by atoms with Crippen LogP contribution in [0.2, 0.25) is 0 Å². The Labute approximate surface area is 108 Å². The summed E-state index contributed by atoms with van der Waals surface area (Å²) in [4.78, 5) is 0. The van der Waals surface area contributed by atoms with E-state index in [1.54, 1.807) is 0 Å². The normalized spacial score (nSPS) is 13.9. The van der Waals surface area contributed by atoms with Gasteiger partial charge in [0, 0.05) is 31.1 Å². The van der Waals surface area contributed by atoms with Gasteiger partial charge in [0.1, 0.15) is 18.1 Å². The summed E-state index contributed by atoms with van der Waals surface area (Å²) in [6.45, 7) is 3.06. The summed E-state index contributed by atoms with van der Waals surface area (Å²) in [7, 11) is 0. The van der Waals surface area contributed by atoms with Crippen molar-refractivity contribution >= 4 is 0 Å². The van der Waals surface area contributed by atoms with Crippen LogP contribution in [0.4, 0.5) is 0 Å². The van der Waals surface area contributed by atoms with E-state index in [1.807, 2.05) is 18.2 Å². The number of rotatable bonds is 5. The smallest absolute Gasteiger partial charge is 0.127 e. The maximum atomic E-state index is 8.43. The molecule has 0 atom stereocenters. The third-order valence-corrected chi connectivity index (χ3v) is 2.84. The highest BCUT2D eigenvalue weighted by molar-refractivity contribution is 5.41. The highest BCUT2D eigenvalue weighted by Crippen LogP contribution is 2.26. The van der Waals surface area contributed by atoms with Crippen molar-refractivity contribution in [3.63, 3.8) is 0 Å². The molecule has 4 heteroatoms. The highest BCUT2D eigenvalue weighted by atomic mass is 16.5. The number of fused-ring (bicyclic) bond motifs is 1. The summed E-state index contributed by atoms with van der Waals surface area (Å²) in [5.41, 5.74) is 1.17. The summed E-state index contributed by atoms with van der Waals surface area (Å²) in [6, 6.07) is 8.09. The van der Waals surface area contributed by atoms with Crippen molar-refractivity contribution in [2.75, 3.05) is 19.8 Å². The number of ether oxygens (including phenoxy) is 2. The van der Waals surface area contributed by atoms with Crippen molar-refractivity contribution in [2.45, 2.75) is 25.8 Å². The number of benzene rings is 1. The summed E-state index contributed by atoms with van der Waals surface area (Å²) < 4.78 is 11.3. The van der Waals surface area contributed by atoms with Gasteiger partial charge in [0.25, 0.3) is 0 Å². The second-order valence-corrected chi connectivity index (χ2v) is 4.26. The molecule has 96 valence electrons. The van der Waals surface area contributed by atoms with Gasteiger partial charge in [-0.15, -0.1) is 0 Å². The van der Waals surface area contributed by atoms with E-state index in [4.69, 9.17) is 14.7 Å². The van der Waals surface area contributed by atoms with Crippen LogP contribution in [0, 0.1) is 11.3 Å². The Kier molecular flexibility index (Phi) is 4.86.